The molecule has 20 heavy (non-hydrogen) atoms. The summed E-state index contributed by atoms with van der Waals surface area (Å²) in [5.41, 5.74) is 4.87. The Morgan fingerprint density at radius 3 is 2.45 bits per heavy atom. The largest absolute Gasteiger partial charge is 0.481 e. The van der Waals surface area contributed by atoms with Crippen molar-refractivity contribution in [1.29, 1.82) is 0 Å². The first-order valence-electron chi connectivity index (χ1n) is 6.36. The van der Waals surface area contributed by atoms with E-state index in [0.717, 1.165) is 0 Å². The molecule has 0 aliphatic carbocycles. The third kappa shape index (κ3) is 11.4. The van der Waals surface area contributed by atoms with Crippen LogP contribution < -0.4 is 11.1 Å². The van der Waals surface area contributed by atoms with E-state index >= 15 is 0 Å². The van der Waals surface area contributed by atoms with E-state index in [2.05, 4.69) is 5.32 Å². The van der Waals surface area contributed by atoms with Gasteiger partial charge in [-0.05, 0) is 6.42 Å². The predicted molar refractivity (Wildman–Crippen MR) is 69.9 cm³/mol. The molecule has 0 unspecified atom stereocenters. The summed E-state index contributed by atoms with van der Waals surface area (Å²) in [7, 11) is 0. The van der Waals surface area contributed by atoms with Gasteiger partial charge in [0.25, 0.3) is 0 Å². The number of carboxylic acids is 1. The number of carbonyl (C=O) groups is 3. The molecule has 0 rings (SSSR count). The topological polar surface area (TPSA) is 128 Å². The third-order valence-corrected chi connectivity index (χ3v) is 2.41. The van der Waals surface area contributed by atoms with Gasteiger partial charge in [-0.15, -0.1) is 0 Å². The van der Waals surface area contributed by atoms with Gasteiger partial charge in [-0.25, -0.2) is 0 Å². The fourth-order valence-electron chi connectivity index (χ4n) is 1.21. The standard InChI is InChI=1S/C12H22N2O6/c1-9(12(17)18)2-3-11(16)14-4-5-19-6-7-20-8-10(13)15/h9H,2-8H2,1H3,(H2,13,15)(H,14,16)(H,17,18)/t9-/m0/s1. The van der Waals surface area contributed by atoms with E-state index in [9.17, 15) is 14.4 Å². The number of nitrogens with one attached hydrogen (secondary N) is 1. The van der Waals surface area contributed by atoms with Gasteiger partial charge in [0, 0.05) is 13.0 Å². The zero-order chi connectivity index (χ0) is 15.4. The smallest absolute Gasteiger partial charge is 0.306 e. The Hall–Kier alpha value is -1.67. The molecule has 0 aromatic carbocycles. The number of rotatable bonds is 12. The highest BCUT2D eigenvalue weighted by atomic mass is 16.5. The van der Waals surface area contributed by atoms with Crippen molar-refractivity contribution in [3.05, 3.63) is 0 Å². The molecule has 0 aliphatic heterocycles. The summed E-state index contributed by atoms with van der Waals surface area (Å²) < 4.78 is 10.0. The van der Waals surface area contributed by atoms with Crippen molar-refractivity contribution in [3.8, 4) is 0 Å². The van der Waals surface area contributed by atoms with E-state index < -0.39 is 17.8 Å². The van der Waals surface area contributed by atoms with Crippen LogP contribution in [-0.4, -0.2) is 55.9 Å². The maximum Gasteiger partial charge on any atom is 0.306 e. The van der Waals surface area contributed by atoms with E-state index in [0.29, 0.717) is 26.2 Å². The fraction of sp³-hybridized carbons (Fsp3) is 0.750. The van der Waals surface area contributed by atoms with Gasteiger partial charge in [-0.2, -0.15) is 0 Å². The van der Waals surface area contributed by atoms with Crippen LogP contribution in [0.5, 0.6) is 0 Å². The first-order chi connectivity index (χ1) is 9.43. The van der Waals surface area contributed by atoms with Gasteiger partial charge in [-0.3, -0.25) is 14.4 Å². The molecule has 8 heteroatoms. The first-order valence-corrected chi connectivity index (χ1v) is 6.36. The maximum absolute atomic E-state index is 11.3. The Morgan fingerprint density at radius 2 is 1.85 bits per heavy atom. The lowest BCUT2D eigenvalue weighted by Crippen LogP contribution is -2.28. The molecule has 2 amide bonds. The zero-order valence-corrected chi connectivity index (χ0v) is 11.6. The van der Waals surface area contributed by atoms with E-state index in [-0.39, 0.29) is 25.5 Å². The summed E-state index contributed by atoms with van der Waals surface area (Å²) in [4.78, 5) is 32.2. The van der Waals surface area contributed by atoms with Crippen LogP contribution in [-0.2, 0) is 23.9 Å². The molecular weight excluding hydrogens is 268 g/mol. The fourth-order valence-corrected chi connectivity index (χ4v) is 1.21. The highest BCUT2D eigenvalue weighted by molar-refractivity contribution is 5.77. The lowest BCUT2D eigenvalue weighted by molar-refractivity contribution is -0.141. The normalized spacial score (nSPS) is 11.8. The Labute approximate surface area is 117 Å². The summed E-state index contributed by atoms with van der Waals surface area (Å²) in [6.45, 7) is 2.65. The maximum atomic E-state index is 11.3. The van der Waals surface area contributed by atoms with E-state index in [4.69, 9.17) is 20.3 Å². The molecule has 0 fully saturated rings. The Morgan fingerprint density at radius 1 is 1.20 bits per heavy atom. The number of hydrogen-bond acceptors (Lipinski definition) is 5. The average molecular weight is 290 g/mol. The molecule has 0 saturated carbocycles. The number of hydrogen-bond donors (Lipinski definition) is 3. The minimum Gasteiger partial charge on any atom is -0.481 e. The van der Waals surface area contributed by atoms with Gasteiger partial charge in [-0.1, -0.05) is 6.92 Å². The first kappa shape index (κ1) is 18.3. The molecule has 0 spiro atoms. The molecular formula is C12H22N2O6. The van der Waals surface area contributed by atoms with Crippen molar-refractivity contribution in [3.63, 3.8) is 0 Å². The number of aliphatic carboxylic acids is 1. The quantitative estimate of drug-likeness (QED) is 0.400. The van der Waals surface area contributed by atoms with E-state index in [1.807, 2.05) is 0 Å². The molecule has 0 heterocycles. The molecule has 0 radical (unpaired) electrons. The van der Waals surface area contributed by atoms with Gasteiger partial charge in [0.05, 0.1) is 25.7 Å². The summed E-state index contributed by atoms with van der Waals surface area (Å²) >= 11 is 0. The molecule has 0 aromatic rings. The number of carbonyl (C=O) groups excluding carboxylic acids is 2. The predicted octanol–water partition coefficient (Wildman–Crippen LogP) is -0.878. The summed E-state index contributed by atoms with van der Waals surface area (Å²) in [6, 6.07) is 0. The summed E-state index contributed by atoms with van der Waals surface area (Å²) in [5.74, 6) is -2.17. The van der Waals surface area contributed by atoms with E-state index in [1.165, 1.54) is 0 Å². The molecule has 0 aliphatic rings. The van der Waals surface area contributed by atoms with Crippen LogP contribution in [0.2, 0.25) is 0 Å². The number of primary amides is 1. The zero-order valence-electron chi connectivity index (χ0n) is 11.6. The second-order valence-electron chi connectivity index (χ2n) is 4.26. The van der Waals surface area contributed by atoms with Crippen LogP contribution in [0.4, 0.5) is 0 Å². The van der Waals surface area contributed by atoms with Gasteiger partial charge in [0.2, 0.25) is 11.8 Å². The lowest BCUT2D eigenvalue weighted by atomic mass is 10.1. The molecule has 116 valence electrons. The van der Waals surface area contributed by atoms with Crippen LogP contribution in [0, 0.1) is 5.92 Å². The van der Waals surface area contributed by atoms with Gasteiger partial charge >= 0.3 is 5.97 Å². The molecule has 0 aromatic heterocycles. The minimum absolute atomic E-state index is 0.137. The highest BCUT2D eigenvalue weighted by Crippen LogP contribution is 2.04. The van der Waals surface area contributed by atoms with Crippen LogP contribution >= 0.6 is 0 Å². The molecule has 8 nitrogen and oxygen atoms in total. The molecule has 0 saturated heterocycles. The van der Waals surface area contributed by atoms with Crippen LogP contribution in [0.25, 0.3) is 0 Å². The third-order valence-electron chi connectivity index (χ3n) is 2.41. The molecule has 4 N–H and O–H groups in total. The van der Waals surface area contributed by atoms with Crippen molar-refractivity contribution in [2.24, 2.45) is 11.7 Å². The number of amides is 2. The van der Waals surface area contributed by atoms with Crippen LogP contribution in [0.1, 0.15) is 19.8 Å². The Bertz CT molecular complexity index is 321. The Kier molecular flexibility index (Phi) is 10.2. The van der Waals surface area contributed by atoms with Crippen LogP contribution in [0.15, 0.2) is 0 Å². The summed E-state index contributed by atoms with van der Waals surface area (Å²) in [6.07, 6.45) is 0.484. The number of nitrogens with two attached hydrogens (primary N) is 1. The van der Waals surface area contributed by atoms with Crippen molar-refractivity contribution in [2.45, 2.75) is 19.8 Å². The minimum atomic E-state index is -0.905. The lowest BCUT2D eigenvalue weighted by Gasteiger charge is -2.08. The molecule has 0 bridgehead atoms. The van der Waals surface area contributed by atoms with Crippen LogP contribution in [0.3, 0.4) is 0 Å². The van der Waals surface area contributed by atoms with Gasteiger partial charge < -0.3 is 25.6 Å². The van der Waals surface area contributed by atoms with E-state index in [1.54, 1.807) is 6.92 Å². The highest BCUT2D eigenvalue weighted by Gasteiger charge is 2.12. The van der Waals surface area contributed by atoms with Gasteiger partial charge in [0.15, 0.2) is 0 Å². The number of carboxylic acid groups (broad SMARTS) is 1. The molecule has 1 atom stereocenters. The van der Waals surface area contributed by atoms with Crippen molar-refractivity contribution in [1.82, 2.24) is 5.32 Å². The van der Waals surface area contributed by atoms with Gasteiger partial charge in [0.1, 0.15) is 6.61 Å². The van der Waals surface area contributed by atoms with Crippen molar-refractivity contribution < 1.29 is 29.0 Å². The Balaban J connectivity index is 3.35. The second kappa shape index (κ2) is 11.2. The number of ether oxygens (including phenoxy) is 2. The van der Waals surface area contributed by atoms with Crippen molar-refractivity contribution >= 4 is 17.8 Å². The average Bonchev–Trinajstić information content (AvgIpc) is 2.38. The monoisotopic (exact) mass is 290 g/mol. The van der Waals surface area contributed by atoms with Crippen molar-refractivity contribution in [2.75, 3.05) is 33.0 Å². The second-order valence-corrected chi connectivity index (χ2v) is 4.26. The summed E-state index contributed by atoms with van der Waals surface area (Å²) in [5, 5.41) is 11.3. The SMILES string of the molecule is C[C@@H](CCC(=O)NCCOCCOCC(N)=O)C(=O)O.